The van der Waals surface area contributed by atoms with Gasteiger partial charge in [-0.3, -0.25) is 4.79 Å². The van der Waals surface area contributed by atoms with Crippen LogP contribution in [-0.2, 0) is 0 Å². The van der Waals surface area contributed by atoms with E-state index in [0.717, 1.165) is 63.5 Å². The summed E-state index contributed by atoms with van der Waals surface area (Å²) >= 11 is 0. The normalized spacial score (nSPS) is 21.3. The number of hydrogen-bond donors (Lipinski definition) is 1. The monoisotopic (exact) mass is 389 g/mol. The summed E-state index contributed by atoms with van der Waals surface area (Å²) in [7, 11) is 4.11. The molecule has 1 amide bonds. The first-order chi connectivity index (χ1) is 11.2. The van der Waals surface area contributed by atoms with Crippen LogP contribution in [0.1, 0.15) is 23.2 Å². The molecule has 0 radical (unpaired) electrons. The fourth-order valence-corrected chi connectivity index (χ4v) is 3.34. The van der Waals surface area contributed by atoms with E-state index in [4.69, 9.17) is 0 Å². The molecule has 2 aliphatic heterocycles. The van der Waals surface area contributed by atoms with Crippen molar-refractivity contribution in [2.24, 2.45) is 0 Å². The molecule has 1 atom stereocenters. The Morgan fingerprint density at radius 1 is 1.20 bits per heavy atom. The quantitative estimate of drug-likeness (QED) is 0.848. The SMILES string of the molecule is CNC1CCCN(C(=O)c2ccnc(N3CCN(C)CC3)c2)C1.Cl.Cl. The van der Waals surface area contributed by atoms with Crippen LogP contribution in [0.2, 0.25) is 0 Å². The standard InChI is InChI=1S/C17H27N5O.2ClH/c1-18-15-4-3-7-22(13-15)17(23)14-5-6-19-16(12-14)21-10-8-20(2)9-11-21;;/h5-6,12,15,18H,3-4,7-11,13H2,1-2H3;2*1H. The number of nitrogens with zero attached hydrogens (tertiary/aromatic N) is 4. The first-order valence-electron chi connectivity index (χ1n) is 8.53. The number of piperazine rings is 1. The number of halogens is 2. The van der Waals surface area contributed by atoms with Gasteiger partial charge in [-0.1, -0.05) is 0 Å². The Hall–Kier alpha value is -1.08. The summed E-state index contributed by atoms with van der Waals surface area (Å²) in [6.07, 6.45) is 3.97. The largest absolute Gasteiger partial charge is 0.354 e. The molecule has 0 bridgehead atoms. The first-order valence-corrected chi connectivity index (χ1v) is 8.53. The van der Waals surface area contributed by atoms with Gasteiger partial charge in [-0.25, -0.2) is 4.98 Å². The molecule has 3 heterocycles. The van der Waals surface area contributed by atoms with Gasteiger partial charge in [-0.05, 0) is 39.1 Å². The number of hydrogen-bond acceptors (Lipinski definition) is 5. The van der Waals surface area contributed by atoms with Crippen LogP contribution >= 0.6 is 24.8 Å². The predicted molar refractivity (Wildman–Crippen MR) is 106 cm³/mol. The Morgan fingerprint density at radius 3 is 2.60 bits per heavy atom. The molecule has 2 saturated heterocycles. The summed E-state index contributed by atoms with van der Waals surface area (Å²) in [5, 5.41) is 3.29. The van der Waals surface area contributed by atoms with Gasteiger partial charge in [-0.15, -0.1) is 24.8 Å². The van der Waals surface area contributed by atoms with Crippen LogP contribution in [-0.4, -0.2) is 80.1 Å². The van der Waals surface area contributed by atoms with E-state index in [2.05, 4.69) is 27.1 Å². The molecule has 0 aliphatic carbocycles. The van der Waals surface area contributed by atoms with Crippen molar-refractivity contribution >= 4 is 36.5 Å². The second kappa shape index (κ2) is 10.2. The number of nitrogens with one attached hydrogen (secondary N) is 1. The van der Waals surface area contributed by atoms with Gasteiger partial charge in [0, 0.05) is 57.1 Å². The van der Waals surface area contributed by atoms with Crippen LogP contribution in [0.3, 0.4) is 0 Å². The lowest BCUT2D eigenvalue weighted by molar-refractivity contribution is 0.0698. The van der Waals surface area contributed by atoms with Crippen LogP contribution in [0.25, 0.3) is 0 Å². The number of likely N-dealkylation sites (N-methyl/N-ethyl adjacent to an activating group) is 2. The molecule has 25 heavy (non-hydrogen) atoms. The molecule has 0 spiro atoms. The molecular formula is C17H29Cl2N5O. The number of carbonyl (C=O) groups excluding carboxylic acids is 1. The molecule has 8 heteroatoms. The number of rotatable bonds is 3. The third-order valence-corrected chi connectivity index (χ3v) is 4.94. The van der Waals surface area contributed by atoms with Gasteiger partial charge in [0.1, 0.15) is 5.82 Å². The maximum absolute atomic E-state index is 12.8. The number of amides is 1. The number of aromatic nitrogens is 1. The van der Waals surface area contributed by atoms with Crippen molar-refractivity contribution in [2.75, 3.05) is 58.3 Å². The van der Waals surface area contributed by atoms with Gasteiger partial charge in [0.25, 0.3) is 5.91 Å². The average Bonchev–Trinajstić information content (AvgIpc) is 2.62. The zero-order valence-corrected chi connectivity index (χ0v) is 16.6. The van der Waals surface area contributed by atoms with Crippen molar-refractivity contribution in [3.05, 3.63) is 23.9 Å². The van der Waals surface area contributed by atoms with Crippen LogP contribution in [0, 0.1) is 0 Å². The second-order valence-electron chi connectivity index (χ2n) is 6.57. The summed E-state index contributed by atoms with van der Waals surface area (Å²) in [6, 6.07) is 4.20. The number of pyridine rings is 1. The molecule has 1 unspecified atom stereocenters. The van der Waals surface area contributed by atoms with E-state index < -0.39 is 0 Å². The Bertz CT molecular complexity index is 552. The summed E-state index contributed by atoms with van der Waals surface area (Å²) in [5.74, 6) is 1.05. The van der Waals surface area contributed by atoms with Crippen LogP contribution in [0.15, 0.2) is 18.3 Å². The highest BCUT2D eigenvalue weighted by Crippen LogP contribution is 2.18. The summed E-state index contributed by atoms with van der Waals surface area (Å²) in [4.78, 5) is 23.8. The first kappa shape index (κ1) is 22.0. The highest BCUT2D eigenvalue weighted by molar-refractivity contribution is 5.95. The summed E-state index contributed by atoms with van der Waals surface area (Å²) in [6.45, 7) is 5.65. The minimum Gasteiger partial charge on any atom is -0.354 e. The maximum atomic E-state index is 12.8. The fraction of sp³-hybridized carbons (Fsp3) is 0.647. The molecule has 0 saturated carbocycles. The van der Waals surface area contributed by atoms with Crippen molar-refractivity contribution in [1.82, 2.24) is 20.1 Å². The Kier molecular flexibility index (Phi) is 8.93. The van der Waals surface area contributed by atoms with Gasteiger partial charge in [0.15, 0.2) is 0 Å². The Balaban J connectivity index is 0.00000156. The van der Waals surface area contributed by atoms with Crippen molar-refractivity contribution in [1.29, 1.82) is 0 Å². The molecule has 1 aromatic rings. The highest BCUT2D eigenvalue weighted by atomic mass is 35.5. The smallest absolute Gasteiger partial charge is 0.254 e. The van der Waals surface area contributed by atoms with E-state index in [0.29, 0.717) is 6.04 Å². The zero-order valence-electron chi connectivity index (χ0n) is 15.0. The fourth-order valence-electron chi connectivity index (χ4n) is 3.34. The van der Waals surface area contributed by atoms with E-state index >= 15 is 0 Å². The lowest BCUT2D eigenvalue weighted by Gasteiger charge is -2.34. The van der Waals surface area contributed by atoms with Gasteiger partial charge in [0.2, 0.25) is 0 Å². The lowest BCUT2D eigenvalue weighted by Crippen LogP contribution is -2.47. The Labute approximate surface area is 162 Å². The van der Waals surface area contributed by atoms with Crippen molar-refractivity contribution in [2.45, 2.75) is 18.9 Å². The van der Waals surface area contributed by atoms with Gasteiger partial charge >= 0.3 is 0 Å². The van der Waals surface area contributed by atoms with Crippen molar-refractivity contribution in [3.8, 4) is 0 Å². The number of piperidine rings is 1. The van der Waals surface area contributed by atoms with E-state index in [1.165, 1.54) is 0 Å². The molecular weight excluding hydrogens is 361 g/mol. The van der Waals surface area contributed by atoms with E-state index in [1.807, 2.05) is 24.1 Å². The van der Waals surface area contributed by atoms with Crippen molar-refractivity contribution < 1.29 is 4.79 Å². The van der Waals surface area contributed by atoms with Gasteiger partial charge < -0.3 is 20.0 Å². The second-order valence-corrected chi connectivity index (χ2v) is 6.57. The maximum Gasteiger partial charge on any atom is 0.254 e. The molecule has 1 aromatic heterocycles. The summed E-state index contributed by atoms with van der Waals surface area (Å²) in [5.41, 5.74) is 0.755. The van der Waals surface area contributed by atoms with Gasteiger partial charge in [0.05, 0.1) is 0 Å². The predicted octanol–water partition coefficient (Wildman–Crippen LogP) is 1.50. The number of carbonyl (C=O) groups is 1. The number of anilines is 1. The van der Waals surface area contributed by atoms with Crippen LogP contribution in [0.4, 0.5) is 5.82 Å². The third kappa shape index (κ3) is 5.45. The molecule has 1 N–H and O–H groups in total. The van der Waals surface area contributed by atoms with E-state index in [9.17, 15) is 4.79 Å². The molecule has 2 aliphatic rings. The molecule has 0 aromatic carbocycles. The minimum atomic E-state index is 0. The molecule has 6 nitrogen and oxygen atoms in total. The highest BCUT2D eigenvalue weighted by Gasteiger charge is 2.24. The van der Waals surface area contributed by atoms with Crippen LogP contribution in [0.5, 0.6) is 0 Å². The van der Waals surface area contributed by atoms with E-state index in [1.54, 1.807) is 6.20 Å². The topological polar surface area (TPSA) is 51.7 Å². The lowest BCUT2D eigenvalue weighted by atomic mass is 10.0. The third-order valence-electron chi connectivity index (χ3n) is 4.94. The number of likely N-dealkylation sites (tertiary alicyclic amines) is 1. The van der Waals surface area contributed by atoms with Crippen LogP contribution < -0.4 is 10.2 Å². The zero-order chi connectivity index (χ0) is 16.2. The molecule has 3 rings (SSSR count). The summed E-state index contributed by atoms with van der Waals surface area (Å²) < 4.78 is 0. The van der Waals surface area contributed by atoms with Gasteiger partial charge in [-0.2, -0.15) is 0 Å². The molecule has 2 fully saturated rings. The Morgan fingerprint density at radius 2 is 1.92 bits per heavy atom. The van der Waals surface area contributed by atoms with E-state index in [-0.39, 0.29) is 30.7 Å². The molecule has 142 valence electrons. The minimum absolute atomic E-state index is 0. The average molecular weight is 390 g/mol. The van der Waals surface area contributed by atoms with Crippen molar-refractivity contribution in [3.63, 3.8) is 0 Å².